The predicted octanol–water partition coefficient (Wildman–Crippen LogP) is 8.98. The first-order valence-electron chi connectivity index (χ1n) is 12.2. The number of furan rings is 2. The largest absolute Gasteiger partial charge is 0.451 e. The fourth-order valence-corrected chi connectivity index (χ4v) is 4.73. The average molecular weight is 495 g/mol. The zero-order chi connectivity index (χ0) is 25.1. The van der Waals surface area contributed by atoms with Gasteiger partial charge in [0.25, 0.3) is 11.8 Å². The lowest BCUT2D eigenvalue weighted by Gasteiger charge is -1.96. The third-order valence-electron chi connectivity index (χ3n) is 6.60. The fraction of sp³-hybridized carbons (Fsp3) is 0. The van der Waals surface area contributed by atoms with E-state index in [-0.39, 0.29) is 0 Å². The molecule has 0 amide bonds. The van der Waals surface area contributed by atoms with E-state index in [9.17, 15) is 0 Å². The van der Waals surface area contributed by atoms with Gasteiger partial charge in [0.05, 0.1) is 0 Å². The lowest BCUT2D eigenvalue weighted by molar-refractivity contribution is 0.544. The molecule has 8 rings (SSSR count). The molecule has 0 unspecified atom stereocenters. The molecule has 0 spiro atoms. The van der Waals surface area contributed by atoms with Crippen molar-refractivity contribution in [3.63, 3.8) is 0 Å². The number of hydrogen-bond donors (Lipinski definition) is 0. The topological polar surface area (TPSA) is 78.3 Å². The van der Waals surface area contributed by atoms with Gasteiger partial charge in [0, 0.05) is 11.1 Å². The molecule has 0 aliphatic carbocycles. The SMILES string of the molecule is c1ccc(-c2ccc(-c3nc4cc5cc6oc(-c7ccc(-c8ccccc8)o7)nc6cc5cc4o3)o2)cc1. The Balaban J connectivity index is 1.15. The molecule has 0 aliphatic heterocycles. The van der Waals surface area contributed by atoms with Crippen LogP contribution in [0.3, 0.4) is 0 Å². The summed E-state index contributed by atoms with van der Waals surface area (Å²) in [5, 5.41) is 1.95. The maximum absolute atomic E-state index is 6.08. The molecular formula is C32H18N2O4. The summed E-state index contributed by atoms with van der Waals surface area (Å²) in [6.07, 6.45) is 0. The molecule has 0 bridgehead atoms. The van der Waals surface area contributed by atoms with Crippen LogP contribution in [0.25, 0.3) is 78.9 Å². The molecule has 180 valence electrons. The number of rotatable bonds is 4. The number of fused-ring (bicyclic) bond motifs is 3. The van der Waals surface area contributed by atoms with Gasteiger partial charge >= 0.3 is 0 Å². The maximum Gasteiger partial charge on any atom is 0.263 e. The minimum absolute atomic E-state index is 0.439. The van der Waals surface area contributed by atoms with Crippen LogP contribution in [-0.4, -0.2) is 9.97 Å². The summed E-state index contributed by atoms with van der Waals surface area (Å²) < 4.78 is 24.2. The highest BCUT2D eigenvalue weighted by molar-refractivity contribution is 6.01. The molecule has 6 heteroatoms. The minimum atomic E-state index is 0.439. The van der Waals surface area contributed by atoms with E-state index >= 15 is 0 Å². The van der Waals surface area contributed by atoms with Crippen LogP contribution in [0.15, 0.2) is 127 Å². The summed E-state index contributed by atoms with van der Waals surface area (Å²) in [6, 6.07) is 35.4. The number of benzene rings is 4. The van der Waals surface area contributed by atoms with E-state index in [4.69, 9.17) is 17.7 Å². The average Bonchev–Trinajstić information content (AvgIpc) is 3.76. The molecule has 4 aromatic carbocycles. The molecule has 0 aliphatic rings. The van der Waals surface area contributed by atoms with Crippen LogP contribution < -0.4 is 0 Å². The van der Waals surface area contributed by atoms with Crippen LogP contribution in [0.5, 0.6) is 0 Å². The third-order valence-corrected chi connectivity index (χ3v) is 6.60. The molecule has 8 aromatic rings. The van der Waals surface area contributed by atoms with Gasteiger partial charge in [-0.1, -0.05) is 60.7 Å². The van der Waals surface area contributed by atoms with Gasteiger partial charge in [-0.3, -0.25) is 0 Å². The first kappa shape index (κ1) is 20.8. The van der Waals surface area contributed by atoms with Crippen molar-refractivity contribution in [1.29, 1.82) is 0 Å². The van der Waals surface area contributed by atoms with Crippen molar-refractivity contribution >= 4 is 33.0 Å². The van der Waals surface area contributed by atoms with E-state index in [0.29, 0.717) is 34.5 Å². The molecule has 6 nitrogen and oxygen atoms in total. The van der Waals surface area contributed by atoms with Gasteiger partial charge in [0.1, 0.15) is 22.6 Å². The van der Waals surface area contributed by atoms with Crippen LogP contribution in [0.4, 0.5) is 0 Å². The molecule has 0 saturated carbocycles. The van der Waals surface area contributed by atoms with Gasteiger partial charge < -0.3 is 17.7 Å². The number of oxazole rings is 2. The van der Waals surface area contributed by atoms with Crippen molar-refractivity contribution in [1.82, 2.24) is 9.97 Å². The van der Waals surface area contributed by atoms with Gasteiger partial charge in [-0.25, -0.2) is 9.97 Å². The summed E-state index contributed by atoms with van der Waals surface area (Å²) in [4.78, 5) is 9.37. The van der Waals surface area contributed by atoms with E-state index in [2.05, 4.69) is 9.97 Å². The van der Waals surface area contributed by atoms with E-state index < -0.39 is 0 Å². The Labute approximate surface area is 215 Å². The standard InChI is InChI=1S/C32H18N2O4/c1-3-7-19(8-4-1)25-11-13-27(35-25)31-33-23-15-21-18-30-24(16-22(21)17-29(23)37-31)34-32(38-30)28-14-12-26(36-28)20-9-5-2-6-10-20/h1-18H. The quantitative estimate of drug-likeness (QED) is 0.243. The second kappa shape index (κ2) is 8.08. The van der Waals surface area contributed by atoms with Crippen LogP contribution in [0, 0.1) is 0 Å². The fourth-order valence-electron chi connectivity index (χ4n) is 4.73. The lowest BCUT2D eigenvalue weighted by Crippen LogP contribution is -1.76. The summed E-state index contributed by atoms with van der Waals surface area (Å²) in [6.45, 7) is 0. The number of nitrogens with zero attached hydrogens (tertiary/aromatic N) is 2. The Hall–Kier alpha value is -5.36. The zero-order valence-electron chi connectivity index (χ0n) is 19.9. The zero-order valence-corrected chi connectivity index (χ0v) is 19.9. The number of hydrogen-bond acceptors (Lipinski definition) is 6. The lowest BCUT2D eigenvalue weighted by atomic mass is 10.1. The van der Waals surface area contributed by atoms with Gasteiger partial charge in [-0.15, -0.1) is 0 Å². The van der Waals surface area contributed by atoms with Crippen molar-refractivity contribution in [2.24, 2.45) is 0 Å². The van der Waals surface area contributed by atoms with Crippen LogP contribution in [0.2, 0.25) is 0 Å². The summed E-state index contributed by atoms with van der Waals surface area (Å²) in [7, 11) is 0. The Morgan fingerprint density at radius 2 is 0.816 bits per heavy atom. The molecule has 0 radical (unpaired) electrons. The highest BCUT2D eigenvalue weighted by Crippen LogP contribution is 2.35. The van der Waals surface area contributed by atoms with E-state index in [1.165, 1.54) is 0 Å². The minimum Gasteiger partial charge on any atom is -0.451 e. The van der Waals surface area contributed by atoms with Crippen LogP contribution in [-0.2, 0) is 0 Å². The molecular weight excluding hydrogens is 476 g/mol. The molecule has 0 fully saturated rings. The summed E-state index contributed by atoms with van der Waals surface area (Å²) in [5.74, 6) is 3.57. The summed E-state index contributed by atoms with van der Waals surface area (Å²) >= 11 is 0. The van der Waals surface area contributed by atoms with Crippen LogP contribution in [0.1, 0.15) is 0 Å². The molecule has 0 N–H and O–H groups in total. The van der Waals surface area contributed by atoms with Gasteiger partial charge in [-0.05, 0) is 59.3 Å². The van der Waals surface area contributed by atoms with Gasteiger partial charge in [0.2, 0.25) is 0 Å². The molecule has 0 saturated heterocycles. The molecule has 4 heterocycles. The van der Waals surface area contributed by atoms with Crippen LogP contribution >= 0.6 is 0 Å². The maximum atomic E-state index is 6.08. The highest BCUT2D eigenvalue weighted by Gasteiger charge is 2.17. The van der Waals surface area contributed by atoms with Gasteiger partial charge in [-0.2, -0.15) is 0 Å². The number of aromatic nitrogens is 2. The molecule has 38 heavy (non-hydrogen) atoms. The molecule has 0 atom stereocenters. The van der Waals surface area contributed by atoms with Crippen molar-refractivity contribution < 1.29 is 17.7 Å². The van der Waals surface area contributed by atoms with Crippen molar-refractivity contribution in [2.45, 2.75) is 0 Å². The van der Waals surface area contributed by atoms with Crippen molar-refractivity contribution in [3.05, 3.63) is 109 Å². The Morgan fingerprint density at radius 3 is 1.26 bits per heavy atom. The second-order valence-corrected chi connectivity index (χ2v) is 9.08. The first-order chi connectivity index (χ1) is 18.8. The smallest absolute Gasteiger partial charge is 0.263 e. The van der Waals surface area contributed by atoms with E-state index in [1.807, 2.05) is 109 Å². The summed E-state index contributed by atoms with van der Waals surface area (Å²) in [5.41, 5.74) is 4.82. The predicted molar refractivity (Wildman–Crippen MR) is 145 cm³/mol. The van der Waals surface area contributed by atoms with Crippen molar-refractivity contribution in [2.75, 3.05) is 0 Å². The van der Waals surface area contributed by atoms with Gasteiger partial charge in [0.15, 0.2) is 22.7 Å². The Kier molecular flexibility index (Phi) is 4.42. The Morgan fingerprint density at radius 1 is 0.395 bits per heavy atom. The first-order valence-corrected chi connectivity index (χ1v) is 12.2. The molecule has 4 aromatic heterocycles. The monoisotopic (exact) mass is 494 g/mol. The van der Waals surface area contributed by atoms with Crippen molar-refractivity contribution in [3.8, 4) is 45.9 Å². The van der Waals surface area contributed by atoms with E-state index in [1.54, 1.807) is 0 Å². The third kappa shape index (κ3) is 3.43. The van der Waals surface area contributed by atoms with E-state index in [0.717, 1.165) is 44.5 Å². The second-order valence-electron chi connectivity index (χ2n) is 9.08. The Bertz CT molecular complexity index is 1860. The highest BCUT2D eigenvalue weighted by atomic mass is 16.4. The normalized spacial score (nSPS) is 11.7.